The maximum Gasteiger partial charge on any atom is 0.413 e. The van der Waals surface area contributed by atoms with E-state index >= 15 is 0 Å². The highest BCUT2D eigenvalue weighted by Crippen LogP contribution is 2.13. The minimum atomic E-state index is -0.794. The van der Waals surface area contributed by atoms with Gasteiger partial charge in [0.05, 0.1) is 12.4 Å². The topological polar surface area (TPSA) is 146 Å². The normalized spacial score (nSPS) is 9.83. The molecule has 1 heterocycles. The Morgan fingerprint density at radius 1 is 1.28 bits per heavy atom. The van der Waals surface area contributed by atoms with Gasteiger partial charge >= 0.3 is 6.09 Å². The lowest BCUT2D eigenvalue weighted by molar-refractivity contribution is -0.117. The molecule has 18 heavy (non-hydrogen) atoms. The molecule has 1 aromatic rings. The molecule has 1 rings (SSSR count). The van der Waals surface area contributed by atoms with Gasteiger partial charge in [0.15, 0.2) is 5.16 Å². The van der Waals surface area contributed by atoms with Gasteiger partial charge < -0.3 is 16.2 Å². The van der Waals surface area contributed by atoms with E-state index < -0.39 is 12.0 Å². The van der Waals surface area contributed by atoms with Crippen molar-refractivity contribution >= 4 is 35.7 Å². The van der Waals surface area contributed by atoms with E-state index in [0.717, 1.165) is 11.8 Å². The Bertz CT molecular complexity index is 434. The Labute approximate surface area is 107 Å². The van der Waals surface area contributed by atoms with Crippen LogP contribution in [0, 0.1) is 0 Å². The van der Waals surface area contributed by atoms with Crippen molar-refractivity contribution in [3.05, 3.63) is 0 Å². The minimum absolute atomic E-state index is 0.0317. The first-order chi connectivity index (χ1) is 8.51. The van der Waals surface area contributed by atoms with Crippen LogP contribution in [0.1, 0.15) is 6.92 Å². The summed E-state index contributed by atoms with van der Waals surface area (Å²) < 4.78 is 4.54. The van der Waals surface area contributed by atoms with Gasteiger partial charge in [-0.3, -0.25) is 10.1 Å². The van der Waals surface area contributed by atoms with Crippen molar-refractivity contribution in [2.24, 2.45) is 0 Å². The number of hydrogen-bond acceptors (Lipinski definition) is 9. The molecule has 0 spiro atoms. The van der Waals surface area contributed by atoms with Crippen molar-refractivity contribution in [3.8, 4) is 0 Å². The molecule has 0 aliphatic carbocycles. The number of carbonyl (C=O) groups excluding carboxylic acids is 2. The fourth-order valence-electron chi connectivity index (χ4n) is 0.900. The summed E-state index contributed by atoms with van der Waals surface area (Å²) in [7, 11) is 0. The van der Waals surface area contributed by atoms with Crippen LogP contribution in [0.15, 0.2) is 5.16 Å². The number of carbonyl (C=O) groups is 2. The highest BCUT2D eigenvalue weighted by molar-refractivity contribution is 7.99. The van der Waals surface area contributed by atoms with E-state index in [1.54, 1.807) is 6.92 Å². The molecule has 0 saturated heterocycles. The predicted molar refractivity (Wildman–Crippen MR) is 64.5 cm³/mol. The molecule has 10 heteroatoms. The molecule has 0 aliphatic heterocycles. The summed E-state index contributed by atoms with van der Waals surface area (Å²) >= 11 is 0.975. The van der Waals surface area contributed by atoms with Gasteiger partial charge in [-0.2, -0.15) is 15.0 Å². The molecule has 0 aliphatic rings. The van der Waals surface area contributed by atoms with Crippen LogP contribution in [0.2, 0.25) is 0 Å². The van der Waals surface area contributed by atoms with Gasteiger partial charge in [0, 0.05) is 0 Å². The van der Waals surface area contributed by atoms with Crippen molar-refractivity contribution in [1.29, 1.82) is 0 Å². The van der Waals surface area contributed by atoms with Crippen LogP contribution in [-0.4, -0.2) is 39.3 Å². The SMILES string of the molecule is CCOC(=O)NC(=O)CSc1nc(N)nc(N)n1. The zero-order valence-corrected chi connectivity index (χ0v) is 10.4. The number of nitrogens with one attached hydrogen (secondary N) is 1. The number of nitrogens with zero attached hydrogens (tertiary/aromatic N) is 3. The molecule has 5 N–H and O–H groups in total. The summed E-state index contributed by atoms with van der Waals surface area (Å²) in [5, 5.41) is 2.23. The van der Waals surface area contributed by atoms with Crippen LogP contribution in [0.3, 0.4) is 0 Å². The number of imide groups is 1. The van der Waals surface area contributed by atoms with Crippen molar-refractivity contribution in [2.75, 3.05) is 23.8 Å². The average Bonchev–Trinajstić information content (AvgIpc) is 2.25. The van der Waals surface area contributed by atoms with Crippen LogP contribution < -0.4 is 16.8 Å². The van der Waals surface area contributed by atoms with Crippen molar-refractivity contribution < 1.29 is 14.3 Å². The van der Waals surface area contributed by atoms with E-state index in [-0.39, 0.29) is 29.4 Å². The number of rotatable bonds is 4. The maximum absolute atomic E-state index is 11.3. The number of nitrogen functional groups attached to an aromatic ring is 2. The smallest absolute Gasteiger partial charge is 0.413 e. The number of ether oxygens (including phenoxy) is 1. The lowest BCUT2D eigenvalue weighted by Gasteiger charge is -2.03. The highest BCUT2D eigenvalue weighted by atomic mass is 32.2. The third kappa shape index (κ3) is 4.82. The molecule has 98 valence electrons. The molecular formula is C8H12N6O3S. The number of aromatic nitrogens is 3. The number of thioether (sulfide) groups is 1. The molecular weight excluding hydrogens is 260 g/mol. The first-order valence-electron chi connectivity index (χ1n) is 4.87. The van der Waals surface area contributed by atoms with Crippen LogP contribution in [0.5, 0.6) is 0 Å². The monoisotopic (exact) mass is 272 g/mol. The summed E-state index contributed by atoms with van der Waals surface area (Å²) in [5.41, 5.74) is 10.7. The fourth-order valence-corrected chi connectivity index (χ4v) is 1.55. The van der Waals surface area contributed by atoms with Crippen molar-refractivity contribution in [1.82, 2.24) is 20.3 Å². The Morgan fingerprint density at radius 2 is 1.89 bits per heavy atom. The van der Waals surface area contributed by atoms with Gasteiger partial charge in [0.25, 0.3) is 0 Å². The van der Waals surface area contributed by atoms with Gasteiger partial charge in [-0.05, 0) is 6.92 Å². The van der Waals surface area contributed by atoms with Gasteiger partial charge in [0.2, 0.25) is 17.8 Å². The third-order valence-corrected chi connectivity index (χ3v) is 2.35. The van der Waals surface area contributed by atoms with Crippen LogP contribution in [-0.2, 0) is 9.53 Å². The second kappa shape index (κ2) is 6.59. The lowest BCUT2D eigenvalue weighted by atomic mass is 10.7. The number of anilines is 2. The molecule has 2 amide bonds. The largest absolute Gasteiger partial charge is 0.450 e. The molecule has 0 aromatic carbocycles. The predicted octanol–water partition coefficient (Wildman–Crippen LogP) is -0.599. The zero-order valence-electron chi connectivity index (χ0n) is 9.54. The molecule has 0 bridgehead atoms. The summed E-state index contributed by atoms with van der Waals surface area (Å²) in [6.45, 7) is 1.82. The molecule has 1 aromatic heterocycles. The van der Waals surface area contributed by atoms with Crippen LogP contribution >= 0.6 is 11.8 Å². The molecule has 0 unspecified atom stereocenters. The van der Waals surface area contributed by atoms with E-state index in [2.05, 4.69) is 19.7 Å². The summed E-state index contributed by atoms with van der Waals surface area (Å²) in [6.07, 6.45) is -0.794. The van der Waals surface area contributed by atoms with Gasteiger partial charge in [-0.15, -0.1) is 0 Å². The van der Waals surface area contributed by atoms with Gasteiger partial charge in [-0.1, -0.05) is 11.8 Å². The molecule has 0 fully saturated rings. The molecule has 0 saturated carbocycles. The van der Waals surface area contributed by atoms with E-state index in [0.29, 0.717) is 0 Å². The second-order valence-electron chi connectivity index (χ2n) is 2.89. The number of hydrogen-bond donors (Lipinski definition) is 3. The quantitative estimate of drug-likeness (QED) is 0.611. The highest BCUT2D eigenvalue weighted by Gasteiger charge is 2.10. The first-order valence-corrected chi connectivity index (χ1v) is 5.86. The van der Waals surface area contributed by atoms with Crippen LogP contribution in [0.4, 0.5) is 16.7 Å². The zero-order chi connectivity index (χ0) is 13.5. The number of amides is 2. The minimum Gasteiger partial charge on any atom is -0.450 e. The van der Waals surface area contributed by atoms with E-state index in [1.807, 2.05) is 5.32 Å². The van der Waals surface area contributed by atoms with Crippen molar-refractivity contribution in [3.63, 3.8) is 0 Å². The fraction of sp³-hybridized carbons (Fsp3) is 0.375. The summed E-state index contributed by atoms with van der Waals surface area (Å²) in [6, 6.07) is 0. The average molecular weight is 272 g/mol. The summed E-state index contributed by atoms with van der Waals surface area (Å²) in [4.78, 5) is 33.3. The van der Waals surface area contributed by atoms with Gasteiger partial charge in [0.1, 0.15) is 0 Å². The van der Waals surface area contributed by atoms with E-state index in [9.17, 15) is 9.59 Å². The summed E-state index contributed by atoms with van der Waals surface area (Å²) in [5.74, 6) is -0.663. The van der Waals surface area contributed by atoms with E-state index in [4.69, 9.17) is 11.5 Å². The molecule has 0 atom stereocenters. The Hall–Kier alpha value is -2.10. The molecule has 0 radical (unpaired) electrons. The van der Waals surface area contributed by atoms with Crippen molar-refractivity contribution in [2.45, 2.75) is 12.1 Å². The Balaban J connectivity index is 2.45. The second-order valence-corrected chi connectivity index (χ2v) is 3.83. The first kappa shape index (κ1) is 14.0. The Morgan fingerprint density at radius 3 is 2.44 bits per heavy atom. The lowest BCUT2D eigenvalue weighted by Crippen LogP contribution is -2.32. The third-order valence-electron chi connectivity index (χ3n) is 1.50. The maximum atomic E-state index is 11.3. The molecule has 9 nitrogen and oxygen atoms in total. The standard InChI is InChI=1S/C8H12N6O3S/c1-2-17-8(16)11-4(15)3-18-7-13-5(9)12-6(10)14-7/h2-3H2,1H3,(H,11,15,16)(H4,9,10,12,13,14). The number of alkyl carbamates (subject to hydrolysis) is 1. The van der Waals surface area contributed by atoms with Crippen LogP contribution in [0.25, 0.3) is 0 Å². The Kier molecular flexibility index (Phi) is 5.11. The van der Waals surface area contributed by atoms with E-state index in [1.165, 1.54) is 0 Å². The van der Waals surface area contributed by atoms with Gasteiger partial charge in [-0.25, -0.2) is 4.79 Å². The number of nitrogens with two attached hydrogens (primary N) is 2.